The van der Waals surface area contributed by atoms with E-state index in [0.29, 0.717) is 12.0 Å². The summed E-state index contributed by atoms with van der Waals surface area (Å²) in [5, 5.41) is 8.74. The molecule has 0 saturated heterocycles. The lowest BCUT2D eigenvalue weighted by Gasteiger charge is -2.05. The third-order valence-electron chi connectivity index (χ3n) is 1.78. The van der Waals surface area contributed by atoms with E-state index in [-0.39, 0.29) is 10.0 Å². The van der Waals surface area contributed by atoms with Crippen molar-refractivity contribution in [2.75, 3.05) is 0 Å². The highest BCUT2D eigenvalue weighted by Gasteiger charge is 2.16. The fraction of sp³-hybridized carbons (Fsp3) is 0.222. The van der Waals surface area contributed by atoms with Gasteiger partial charge in [0, 0.05) is 0 Å². The van der Waals surface area contributed by atoms with Crippen LogP contribution in [0, 0.1) is 5.82 Å². The first-order valence-electron chi connectivity index (χ1n) is 3.78. The van der Waals surface area contributed by atoms with Gasteiger partial charge in [0.15, 0.2) is 5.82 Å². The molecule has 0 radical (unpaired) electrons. The van der Waals surface area contributed by atoms with E-state index in [1.807, 2.05) is 0 Å². The second kappa shape index (κ2) is 3.87. The minimum atomic E-state index is -1.23. The molecule has 1 aromatic carbocycles. The first kappa shape index (κ1) is 10.2. The summed E-state index contributed by atoms with van der Waals surface area (Å²) in [7, 11) is 0. The molecule has 0 saturated carbocycles. The summed E-state index contributed by atoms with van der Waals surface area (Å²) in [6.45, 7) is 1.79. The number of rotatable bonds is 2. The minimum absolute atomic E-state index is 0.183. The van der Waals surface area contributed by atoms with Crippen LogP contribution in [0.25, 0.3) is 0 Å². The Labute approximate surface area is 83.5 Å². The maximum atomic E-state index is 13.3. The van der Waals surface area contributed by atoms with Gasteiger partial charge in [-0.2, -0.15) is 0 Å². The maximum absolute atomic E-state index is 13.3. The number of carboxylic acid groups (broad SMARTS) is 1. The van der Waals surface area contributed by atoms with Crippen molar-refractivity contribution in [1.82, 2.24) is 0 Å². The highest BCUT2D eigenvalue weighted by Crippen LogP contribution is 2.22. The van der Waals surface area contributed by atoms with Crippen molar-refractivity contribution in [3.63, 3.8) is 0 Å². The Hall–Kier alpha value is -0.900. The van der Waals surface area contributed by atoms with Crippen LogP contribution in [0.3, 0.4) is 0 Å². The highest BCUT2D eigenvalue weighted by atomic mass is 79.9. The first-order valence-corrected chi connectivity index (χ1v) is 4.57. The van der Waals surface area contributed by atoms with Gasteiger partial charge in [-0.05, 0) is 34.0 Å². The predicted molar refractivity (Wildman–Crippen MR) is 50.4 cm³/mol. The molecule has 0 aromatic heterocycles. The molecule has 0 fully saturated rings. The molecule has 1 aromatic rings. The molecular formula is C9H8BrFO2. The first-order chi connectivity index (χ1) is 6.07. The Kier molecular flexibility index (Phi) is 3.03. The summed E-state index contributed by atoms with van der Waals surface area (Å²) in [4.78, 5) is 10.7. The quantitative estimate of drug-likeness (QED) is 0.872. The zero-order valence-corrected chi connectivity index (χ0v) is 8.56. The Bertz CT molecular complexity index is 350. The van der Waals surface area contributed by atoms with Gasteiger partial charge < -0.3 is 5.11 Å². The van der Waals surface area contributed by atoms with Crippen LogP contribution in [0.2, 0.25) is 0 Å². The van der Waals surface area contributed by atoms with Crippen molar-refractivity contribution < 1.29 is 14.3 Å². The standard InChI is InChI=1S/C9H8BrFO2/c1-2-5-3-4-6(10)8(11)7(5)9(12)13/h3-4H,2H2,1H3,(H,12,13). The van der Waals surface area contributed by atoms with Gasteiger partial charge in [-0.1, -0.05) is 13.0 Å². The predicted octanol–water partition coefficient (Wildman–Crippen LogP) is 2.85. The van der Waals surface area contributed by atoms with Crippen molar-refractivity contribution >= 4 is 21.9 Å². The lowest BCUT2D eigenvalue weighted by atomic mass is 10.1. The van der Waals surface area contributed by atoms with Gasteiger partial charge in [0.2, 0.25) is 0 Å². The molecule has 0 amide bonds. The zero-order valence-electron chi connectivity index (χ0n) is 6.97. The Balaban J connectivity index is 3.41. The molecule has 0 aliphatic carbocycles. The van der Waals surface area contributed by atoms with E-state index >= 15 is 0 Å². The number of carboxylic acids is 1. The fourth-order valence-corrected chi connectivity index (χ4v) is 1.45. The van der Waals surface area contributed by atoms with Crippen LogP contribution in [-0.4, -0.2) is 11.1 Å². The molecule has 1 rings (SSSR count). The number of hydrogen-bond acceptors (Lipinski definition) is 1. The van der Waals surface area contributed by atoms with Gasteiger partial charge in [0.25, 0.3) is 0 Å². The molecule has 0 spiro atoms. The average Bonchev–Trinajstić information content (AvgIpc) is 2.08. The van der Waals surface area contributed by atoms with Gasteiger partial charge in [0.1, 0.15) is 0 Å². The summed E-state index contributed by atoms with van der Waals surface area (Å²) in [5.74, 6) is -1.93. The van der Waals surface area contributed by atoms with Crippen LogP contribution in [0.5, 0.6) is 0 Å². The number of aromatic carboxylic acids is 1. The number of hydrogen-bond donors (Lipinski definition) is 1. The van der Waals surface area contributed by atoms with E-state index in [1.165, 1.54) is 6.07 Å². The topological polar surface area (TPSA) is 37.3 Å². The van der Waals surface area contributed by atoms with E-state index in [2.05, 4.69) is 15.9 Å². The van der Waals surface area contributed by atoms with Gasteiger partial charge >= 0.3 is 5.97 Å². The summed E-state index contributed by atoms with van der Waals surface area (Å²) in [5.41, 5.74) is 0.269. The Morgan fingerprint density at radius 3 is 2.69 bits per heavy atom. The molecule has 0 bridgehead atoms. The molecule has 0 heterocycles. The van der Waals surface area contributed by atoms with Crippen LogP contribution in [0.1, 0.15) is 22.8 Å². The van der Waals surface area contributed by atoms with Crippen molar-refractivity contribution in [3.05, 3.63) is 33.5 Å². The second-order valence-electron chi connectivity index (χ2n) is 2.55. The van der Waals surface area contributed by atoms with E-state index in [9.17, 15) is 9.18 Å². The van der Waals surface area contributed by atoms with Crippen molar-refractivity contribution in [3.8, 4) is 0 Å². The van der Waals surface area contributed by atoms with Gasteiger partial charge in [-0.3, -0.25) is 0 Å². The lowest BCUT2D eigenvalue weighted by Crippen LogP contribution is -2.05. The highest BCUT2D eigenvalue weighted by molar-refractivity contribution is 9.10. The zero-order chi connectivity index (χ0) is 10.0. The summed E-state index contributed by atoms with van der Waals surface area (Å²) >= 11 is 2.94. The van der Waals surface area contributed by atoms with Crippen molar-refractivity contribution in [1.29, 1.82) is 0 Å². The average molecular weight is 247 g/mol. The lowest BCUT2D eigenvalue weighted by molar-refractivity contribution is 0.0690. The minimum Gasteiger partial charge on any atom is -0.478 e. The smallest absolute Gasteiger partial charge is 0.339 e. The molecule has 13 heavy (non-hydrogen) atoms. The Morgan fingerprint density at radius 2 is 2.23 bits per heavy atom. The third kappa shape index (κ3) is 1.88. The van der Waals surface area contributed by atoms with E-state index in [4.69, 9.17) is 5.11 Å². The fourth-order valence-electron chi connectivity index (χ4n) is 1.12. The molecular weight excluding hydrogens is 239 g/mol. The van der Waals surface area contributed by atoms with Crippen LogP contribution in [0.4, 0.5) is 4.39 Å². The van der Waals surface area contributed by atoms with E-state index in [1.54, 1.807) is 13.0 Å². The largest absolute Gasteiger partial charge is 0.478 e. The Morgan fingerprint density at radius 1 is 1.62 bits per heavy atom. The van der Waals surface area contributed by atoms with E-state index in [0.717, 1.165) is 0 Å². The van der Waals surface area contributed by atoms with Crippen LogP contribution in [-0.2, 0) is 6.42 Å². The maximum Gasteiger partial charge on any atom is 0.339 e. The van der Waals surface area contributed by atoms with Crippen LogP contribution < -0.4 is 0 Å². The summed E-state index contributed by atoms with van der Waals surface area (Å²) in [6.07, 6.45) is 0.506. The van der Waals surface area contributed by atoms with Crippen LogP contribution >= 0.6 is 15.9 Å². The van der Waals surface area contributed by atoms with Crippen molar-refractivity contribution in [2.24, 2.45) is 0 Å². The molecule has 0 aliphatic heterocycles. The molecule has 2 nitrogen and oxygen atoms in total. The summed E-state index contributed by atoms with van der Waals surface area (Å²) in [6, 6.07) is 3.12. The van der Waals surface area contributed by atoms with Gasteiger partial charge in [-0.25, -0.2) is 9.18 Å². The SMILES string of the molecule is CCc1ccc(Br)c(F)c1C(=O)O. The summed E-state index contributed by atoms with van der Waals surface area (Å²) < 4.78 is 13.5. The third-order valence-corrected chi connectivity index (χ3v) is 2.39. The normalized spacial score (nSPS) is 10.1. The number of aryl methyl sites for hydroxylation is 1. The van der Waals surface area contributed by atoms with Crippen LogP contribution in [0.15, 0.2) is 16.6 Å². The van der Waals surface area contributed by atoms with Gasteiger partial charge in [0.05, 0.1) is 10.0 Å². The number of benzene rings is 1. The number of carbonyl (C=O) groups is 1. The monoisotopic (exact) mass is 246 g/mol. The molecule has 0 unspecified atom stereocenters. The molecule has 1 N–H and O–H groups in total. The number of halogens is 2. The molecule has 0 aliphatic rings. The second-order valence-corrected chi connectivity index (χ2v) is 3.41. The van der Waals surface area contributed by atoms with Gasteiger partial charge in [-0.15, -0.1) is 0 Å². The van der Waals surface area contributed by atoms with E-state index < -0.39 is 11.8 Å². The van der Waals surface area contributed by atoms with Crippen molar-refractivity contribution in [2.45, 2.75) is 13.3 Å². The molecule has 0 atom stereocenters. The molecule has 4 heteroatoms. The molecule has 70 valence electrons.